The molecule has 0 radical (unpaired) electrons. The third-order valence-electron chi connectivity index (χ3n) is 1.90. The summed E-state index contributed by atoms with van der Waals surface area (Å²) < 4.78 is 48.7. The predicted octanol–water partition coefficient (Wildman–Crippen LogP) is 0.768. The molecule has 9 heteroatoms. The van der Waals surface area contributed by atoms with Crippen molar-refractivity contribution in [2.24, 2.45) is 0 Å². The summed E-state index contributed by atoms with van der Waals surface area (Å²) in [6.45, 7) is -4.96. The van der Waals surface area contributed by atoms with Gasteiger partial charge >= 0.3 is 58.4 Å². The molecule has 94 valence electrons. The third kappa shape index (κ3) is 7.25. The van der Waals surface area contributed by atoms with Crippen LogP contribution >= 0.6 is 15.9 Å². The zero-order chi connectivity index (χ0) is 13.1. The number of anilines is 1. The quantitative estimate of drug-likeness (QED) is 0.630. The molecule has 0 fully saturated rings. The van der Waals surface area contributed by atoms with Crippen molar-refractivity contribution >= 4 is 34.5 Å². The summed E-state index contributed by atoms with van der Waals surface area (Å²) in [5.41, 5.74) is 0.248. The number of benzene rings is 1. The van der Waals surface area contributed by atoms with Crippen LogP contribution in [0.15, 0.2) is 22.7 Å². The molecular formula is C9H8BBrF4KNO. The van der Waals surface area contributed by atoms with E-state index in [1.54, 1.807) is 0 Å². The van der Waals surface area contributed by atoms with Crippen molar-refractivity contribution < 1.29 is 73.5 Å². The van der Waals surface area contributed by atoms with E-state index < -0.39 is 31.4 Å². The molecule has 0 heterocycles. The summed E-state index contributed by atoms with van der Waals surface area (Å²) in [7, 11) is 0. The molecule has 1 rings (SSSR count). The Morgan fingerprint density at radius 3 is 2.44 bits per heavy atom. The molecule has 1 aromatic carbocycles. The zero-order valence-corrected chi connectivity index (χ0v) is 14.2. The number of hydrogen-bond acceptors (Lipinski definition) is 1. The normalized spacial score (nSPS) is 10.7. The second kappa shape index (κ2) is 8.01. The van der Waals surface area contributed by atoms with Gasteiger partial charge in [0.1, 0.15) is 5.82 Å². The number of carbonyl (C=O) groups is 1. The summed E-state index contributed by atoms with van der Waals surface area (Å²) in [6, 6.07) is 3.66. The first-order valence-electron chi connectivity index (χ1n) is 4.74. The fraction of sp³-hybridized carbons (Fsp3) is 0.222. The van der Waals surface area contributed by atoms with Gasteiger partial charge in [-0.1, -0.05) is 6.32 Å². The number of nitrogens with one attached hydrogen (secondary N) is 1. The van der Waals surface area contributed by atoms with Crippen molar-refractivity contribution in [3.8, 4) is 0 Å². The molecule has 0 aliphatic rings. The summed E-state index contributed by atoms with van der Waals surface area (Å²) in [5, 5.41) is 2.26. The summed E-state index contributed by atoms with van der Waals surface area (Å²) >= 11 is 2.90. The van der Waals surface area contributed by atoms with Gasteiger partial charge in [0.05, 0.1) is 4.47 Å². The van der Waals surface area contributed by atoms with Crippen LogP contribution in [0.3, 0.4) is 0 Å². The van der Waals surface area contributed by atoms with Crippen LogP contribution in [0.4, 0.5) is 23.0 Å². The zero-order valence-electron chi connectivity index (χ0n) is 9.52. The largest absolute Gasteiger partial charge is 1.00 e. The molecule has 0 aromatic heterocycles. The Hall–Kier alpha value is 0.591. The molecule has 0 aliphatic carbocycles. The third-order valence-corrected chi connectivity index (χ3v) is 2.51. The van der Waals surface area contributed by atoms with Gasteiger partial charge in [0.25, 0.3) is 0 Å². The SMILES string of the molecule is O=C(CC[B-](F)(F)F)Nc1ccc(F)c(Br)c1.[K+]. The van der Waals surface area contributed by atoms with E-state index in [1.807, 2.05) is 0 Å². The van der Waals surface area contributed by atoms with Crippen molar-refractivity contribution in [2.75, 3.05) is 5.32 Å². The Morgan fingerprint density at radius 1 is 1.33 bits per heavy atom. The van der Waals surface area contributed by atoms with E-state index in [4.69, 9.17) is 0 Å². The number of halogens is 5. The van der Waals surface area contributed by atoms with E-state index in [0.717, 1.165) is 6.07 Å². The fourth-order valence-electron chi connectivity index (χ4n) is 1.09. The Labute approximate surface area is 152 Å². The van der Waals surface area contributed by atoms with Crippen LogP contribution < -0.4 is 56.7 Å². The first-order chi connectivity index (χ1) is 7.78. The van der Waals surface area contributed by atoms with Gasteiger partial charge in [-0.15, -0.1) is 0 Å². The minimum absolute atomic E-state index is 0. The average molecular weight is 352 g/mol. The van der Waals surface area contributed by atoms with E-state index in [9.17, 15) is 22.1 Å². The number of amides is 1. The van der Waals surface area contributed by atoms with Crippen LogP contribution in [0, 0.1) is 5.82 Å². The molecule has 1 N–H and O–H groups in total. The molecule has 1 amide bonds. The smallest absolute Gasteiger partial charge is 0.449 e. The van der Waals surface area contributed by atoms with Gasteiger partial charge in [-0.2, -0.15) is 0 Å². The molecule has 0 bridgehead atoms. The van der Waals surface area contributed by atoms with Crippen molar-refractivity contribution in [3.63, 3.8) is 0 Å². The monoisotopic (exact) mass is 351 g/mol. The molecule has 1 aromatic rings. The van der Waals surface area contributed by atoms with Crippen molar-refractivity contribution in [1.82, 2.24) is 0 Å². The van der Waals surface area contributed by atoms with Gasteiger partial charge in [-0.25, -0.2) is 4.39 Å². The standard InChI is InChI=1S/C9H8BBrF4NO.K/c11-7-5-6(1-2-8(7)12)16-9(17)3-4-10(13,14)15;/h1-2,5H,3-4H2,(H,16,17);/q-1;+1. The molecule has 2 nitrogen and oxygen atoms in total. The van der Waals surface area contributed by atoms with E-state index in [-0.39, 0.29) is 61.5 Å². The molecule has 0 saturated carbocycles. The van der Waals surface area contributed by atoms with Gasteiger partial charge in [0.2, 0.25) is 5.91 Å². The summed E-state index contributed by atoms with van der Waals surface area (Å²) in [4.78, 5) is 11.1. The van der Waals surface area contributed by atoms with Crippen molar-refractivity contribution in [1.29, 1.82) is 0 Å². The maximum atomic E-state index is 12.8. The van der Waals surface area contributed by atoms with Gasteiger partial charge in [0, 0.05) is 12.1 Å². The minimum atomic E-state index is -4.96. The van der Waals surface area contributed by atoms with Crippen molar-refractivity contribution in [3.05, 3.63) is 28.5 Å². The van der Waals surface area contributed by atoms with Crippen LogP contribution in [-0.4, -0.2) is 12.9 Å². The predicted molar refractivity (Wildman–Crippen MR) is 61.2 cm³/mol. The Bertz CT molecular complexity index is 430. The van der Waals surface area contributed by atoms with Crippen LogP contribution in [0.25, 0.3) is 0 Å². The maximum Gasteiger partial charge on any atom is 1.00 e. The second-order valence-electron chi connectivity index (χ2n) is 3.43. The molecule has 0 atom stereocenters. The molecule has 0 saturated heterocycles. The van der Waals surface area contributed by atoms with E-state index in [2.05, 4.69) is 21.2 Å². The number of hydrogen-bond donors (Lipinski definition) is 1. The molecule has 0 spiro atoms. The fourth-order valence-corrected chi connectivity index (χ4v) is 1.47. The van der Waals surface area contributed by atoms with Crippen molar-refractivity contribution in [2.45, 2.75) is 12.7 Å². The first kappa shape index (κ1) is 18.6. The molecule has 0 aliphatic heterocycles. The Kier molecular flexibility index (Phi) is 8.27. The second-order valence-corrected chi connectivity index (χ2v) is 4.28. The maximum absolute atomic E-state index is 12.8. The van der Waals surface area contributed by atoms with Gasteiger partial charge < -0.3 is 18.3 Å². The number of carbonyl (C=O) groups excluding carboxylic acids is 1. The Morgan fingerprint density at radius 2 is 1.94 bits per heavy atom. The summed E-state index contributed by atoms with van der Waals surface area (Å²) in [6.07, 6.45) is -1.74. The first-order valence-corrected chi connectivity index (χ1v) is 5.53. The van der Waals surface area contributed by atoms with E-state index in [0.29, 0.717) is 0 Å². The number of rotatable bonds is 4. The Balaban J connectivity index is 0.00000289. The van der Waals surface area contributed by atoms with Crippen LogP contribution in [0.2, 0.25) is 6.32 Å². The van der Waals surface area contributed by atoms with E-state index in [1.165, 1.54) is 12.1 Å². The van der Waals surface area contributed by atoms with Crippen LogP contribution in [0.5, 0.6) is 0 Å². The minimum Gasteiger partial charge on any atom is -0.449 e. The van der Waals surface area contributed by atoms with Crippen LogP contribution in [-0.2, 0) is 4.79 Å². The van der Waals surface area contributed by atoms with Gasteiger partial charge in [0.15, 0.2) is 0 Å². The average Bonchev–Trinajstić information content (AvgIpc) is 2.20. The van der Waals surface area contributed by atoms with Crippen LogP contribution in [0.1, 0.15) is 6.42 Å². The molecule has 0 unspecified atom stereocenters. The topological polar surface area (TPSA) is 29.1 Å². The molecule has 18 heavy (non-hydrogen) atoms. The van der Waals surface area contributed by atoms with Gasteiger partial charge in [-0.05, 0) is 34.1 Å². The van der Waals surface area contributed by atoms with E-state index >= 15 is 0 Å². The van der Waals surface area contributed by atoms with Gasteiger partial charge in [-0.3, -0.25) is 4.79 Å². The molecular weight excluding hydrogens is 344 g/mol. The summed E-state index contributed by atoms with van der Waals surface area (Å²) in [5.74, 6) is -1.26.